The number of hydrogen-bond acceptors (Lipinski definition) is 1. The lowest BCUT2D eigenvalue weighted by molar-refractivity contribution is -0.144. The molecular weight excluding hydrogens is 128 g/mol. The summed E-state index contributed by atoms with van der Waals surface area (Å²) in [6.45, 7) is 4.08. The molecule has 0 saturated heterocycles. The molecule has 0 aromatic carbocycles. The Labute approximate surface area is 61.2 Å². The zero-order valence-corrected chi connectivity index (χ0v) is 6.55. The molecule has 58 valence electrons. The molecule has 1 atom stereocenters. The van der Waals surface area contributed by atoms with E-state index in [0.717, 1.165) is 19.3 Å². The van der Waals surface area contributed by atoms with Crippen LogP contribution < -0.4 is 0 Å². The monoisotopic (exact) mass is 142 g/mol. The second-order valence-corrected chi connectivity index (χ2v) is 3.77. The first kappa shape index (κ1) is 7.58. The van der Waals surface area contributed by atoms with Gasteiger partial charge in [0.05, 0.1) is 5.92 Å². The molecule has 10 heavy (non-hydrogen) atoms. The zero-order chi connectivity index (χ0) is 7.78. The van der Waals surface area contributed by atoms with Gasteiger partial charge in [0.2, 0.25) is 0 Å². The molecule has 0 amide bonds. The summed E-state index contributed by atoms with van der Waals surface area (Å²) in [6, 6.07) is 0. The van der Waals surface area contributed by atoms with Gasteiger partial charge >= 0.3 is 5.97 Å². The van der Waals surface area contributed by atoms with Gasteiger partial charge in [0.1, 0.15) is 0 Å². The van der Waals surface area contributed by atoms with E-state index >= 15 is 0 Å². The molecule has 1 N–H and O–H groups in total. The van der Waals surface area contributed by atoms with Gasteiger partial charge in [0.25, 0.3) is 0 Å². The number of rotatable bonds is 1. The van der Waals surface area contributed by atoms with Gasteiger partial charge < -0.3 is 5.11 Å². The van der Waals surface area contributed by atoms with Crippen molar-refractivity contribution in [1.29, 1.82) is 0 Å². The van der Waals surface area contributed by atoms with E-state index in [1.807, 2.05) is 13.8 Å². The van der Waals surface area contributed by atoms with Crippen LogP contribution in [0.5, 0.6) is 0 Å². The Morgan fingerprint density at radius 2 is 2.20 bits per heavy atom. The van der Waals surface area contributed by atoms with E-state index in [0.29, 0.717) is 0 Å². The summed E-state index contributed by atoms with van der Waals surface area (Å²) in [4.78, 5) is 10.6. The van der Waals surface area contributed by atoms with Crippen LogP contribution in [0.1, 0.15) is 33.1 Å². The summed E-state index contributed by atoms with van der Waals surface area (Å²) >= 11 is 0. The first-order valence-corrected chi connectivity index (χ1v) is 3.77. The minimum absolute atomic E-state index is 0.0336. The maximum atomic E-state index is 10.6. The Morgan fingerprint density at radius 1 is 1.60 bits per heavy atom. The number of carboxylic acids is 1. The summed E-state index contributed by atoms with van der Waals surface area (Å²) in [5, 5.41) is 8.75. The van der Waals surface area contributed by atoms with Crippen molar-refractivity contribution < 1.29 is 9.90 Å². The van der Waals surface area contributed by atoms with Crippen molar-refractivity contribution in [1.82, 2.24) is 0 Å². The summed E-state index contributed by atoms with van der Waals surface area (Å²) in [5.74, 6) is -0.727. The molecule has 0 aliphatic heterocycles. The normalized spacial score (nSPS) is 30.4. The van der Waals surface area contributed by atoms with Crippen LogP contribution in [0, 0.1) is 11.3 Å². The van der Waals surface area contributed by atoms with Crippen molar-refractivity contribution in [3.05, 3.63) is 0 Å². The average molecular weight is 142 g/mol. The summed E-state index contributed by atoms with van der Waals surface area (Å²) in [5.41, 5.74) is 0.0336. The number of aliphatic carboxylic acids is 1. The molecule has 0 heterocycles. The maximum Gasteiger partial charge on any atom is 0.307 e. The quantitative estimate of drug-likeness (QED) is 0.607. The van der Waals surface area contributed by atoms with E-state index in [4.69, 9.17) is 5.11 Å². The van der Waals surface area contributed by atoms with Gasteiger partial charge in [0, 0.05) is 0 Å². The smallest absolute Gasteiger partial charge is 0.307 e. The minimum Gasteiger partial charge on any atom is -0.481 e. The van der Waals surface area contributed by atoms with E-state index in [9.17, 15) is 4.79 Å². The standard InChI is InChI=1S/C8H14O2/c1-8(2)5-3-4-6(8)7(9)10/h6H,3-5H2,1-2H3,(H,9,10)/t6-/m1/s1. The van der Waals surface area contributed by atoms with Gasteiger partial charge in [-0.3, -0.25) is 4.79 Å². The third kappa shape index (κ3) is 1.15. The highest BCUT2D eigenvalue weighted by atomic mass is 16.4. The van der Waals surface area contributed by atoms with Gasteiger partial charge in [-0.05, 0) is 18.3 Å². The third-order valence-electron chi connectivity index (χ3n) is 2.56. The van der Waals surface area contributed by atoms with E-state index in [-0.39, 0.29) is 11.3 Å². The number of carboxylic acid groups (broad SMARTS) is 1. The largest absolute Gasteiger partial charge is 0.481 e. The molecule has 1 saturated carbocycles. The van der Waals surface area contributed by atoms with Crippen LogP contribution in [-0.4, -0.2) is 11.1 Å². The fraction of sp³-hybridized carbons (Fsp3) is 0.875. The fourth-order valence-corrected chi connectivity index (χ4v) is 1.78. The highest BCUT2D eigenvalue weighted by Crippen LogP contribution is 2.42. The molecule has 1 fully saturated rings. The van der Waals surface area contributed by atoms with Crippen molar-refractivity contribution >= 4 is 5.97 Å². The van der Waals surface area contributed by atoms with Crippen molar-refractivity contribution in [2.24, 2.45) is 11.3 Å². The lowest BCUT2D eigenvalue weighted by atomic mass is 9.82. The summed E-state index contributed by atoms with van der Waals surface area (Å²) in [6.07, 6.45) is 3.00. The number of carbonyl (C=O) groups is 1. The summed E-state index contributed by atoms with van der Waals surface area (Å²) < 4.78 is 0. The Bertz CT molecular complexity index is 149. The highest BCUT2D eigenvalue weighted by Gasteiger charge is 2.39. The lowest BCUT2D eigenvalue weighted by Crippen LogP contribution is -2.25. The van der Waals surface area contributed by atoms with Crippen LogP contribution in [-0.2, 0) is 4.79 Å². The Balaban J connectivity index is 2.68. The number of hydrogen-bond donors (Lipinski definition) is 1. The molecule has 0 unspecified atom stereocenters. The molecule has 0 aromatic rings. The Morgan fingerprint density at radius 3 is 2.40 bits per heavy atom. The molecule has 0 aromatic heterocycles. The molecule has 0 spiro atoms. The van der Waals surface area contributed by atoms with Crippen LogP contribution in [0.3, 0.4) is 0 Å². The van der Waals surface area contributed by atoms with Crippen LogP contribution >= 0.6 is 0 Å². The first-order chi connectivity index (χ1) is 4.54. The summed E-state index contributed by atoms with van der Waals surface area (Å²) in [7, 11) is 0. The van der Waals surface area contributed by atoms with E-state index in [1.54, 1.807) is 0 Å². The minimum atomic E-state index is -0.623. The van der Waals surface area contributed by atoms with Crippen LogP contribution in [0.15, 0.2) is 0 Å². The predicted octanol–water partition coefficient (Wildman–Crippen LogP) is 1.90. The molecular formula is C8H14O2. The molecule has 1 rings (SSSR count). The van der Waals surface area contributed by atoms with E-state index in [1.165, 1.54) is 0 Å². The fourth-order valence-electron chi connectivity index (χ4n) is 1.78. The highest BCUT2D eigenvalue weighted by molar-refractivity contribution is 5.71. The van der Waals surface area contributed by atoms with Crippen molar-refractivity contribution in [3.8, 4) is 0 Å². The Hall–Kier alpha value is -0.530. The van der Waals surface area contributed by atoms with Gasteiger partial charge in [-0.2, -0.15) is 0 Å². The van der Waals surface area contributed by atoms with E-state index < -0.39 is 5.97 Å². The molecule has 2 nitrogen and oxygen atoms in total. The third-order valence-corrected chi connectivity index (χ3v) is 2.56. The van der Waals surface area contributed by atoms with Gasteiger partial charge in [-0.15, -0.1) is 0 Å². The SMILES string of the molecule is CC1(C)CCC[C@@H]1C(=O)O. The second-order valence-electron chi connectivity index (χ2n) is 3.77. The molecule has 1 aliphatic rings. The first-order valence-electron chi connectivity index (χ1n) is 3.77. The van der Waals surface area contributed by atoms with Crippen molar-refractivity contribution in [2.45, 2.75) is 33.1 Å². The van der Waals surface area contributed by atoms with E-state index in [2.05, 4.69) is 0 Å². The van der Waals surface area contributed by atoms with Gasteiger partial charge in [-0.1, -0.05) is 20.3 Å². The average Bonchev–Trinajstić information content (AvgIpc) is 2.08. The second kappa shape index (κ2) is 2.26. The molecule has 0 radical (unpaired) electrons. The van der Waals surface area contributed by atoms with Crippen LogP contribution in [0.25, 0.3) is 0 Å². The lowest BCUT2D eigenvalue weighted by Gasteiger charge is -2.22. The predicted molar refractivity (Wildman–Crippen MR) is 38.8 cm³/mol. The van der Waals surface area contributed by atoms with Gasteiger partial charge in [-0.25, -0.2) is 0 Å². The van der Waals surface area contributed by atoms with Crippen molar-refractivity contribution in [2.75, 3.05) is 0 Å². The van der Waals surface area contributed by atoms with Gasteiger partial charge in [0.15, 0.2) is 0 Å². The molecule has 0 bridgehead atoms. The van der Waals surface area contributed by atoms with Crippen molar-refractivity contribution in [3.63, 3.8) is 0 Å². The molecule has 2 heteroatoms. The topological polar surface area (TPSA) is 37.3 Å². The van der Waals surface area contributed by atoms with Crippen LogP contribution in [0.2, 0.25) is 0 Å². The Kier molecular flexibility index (Phi) is 1.71. The van der Waals surface area contributed by atoms with Crippen LogP contribution in [0.4, 0.5) is 0 Å². The zero-order valence-electron chi connectivity index (χ0n) is 6.55. The maximum absolute atomic E-state index is 10.6. The molecule has 1 aliphatic carbocycles.